The van der Waals surface area contributed by atoms with Crippen molar-refractivity contribution < 1.29 is 4.79 Å². The lowest BCUT2D eigenvalue weighted by atomic mass is 10.1. The summed E-state index contributed by atoms with van der Waals surface area (Å²) in [5.74, 6) is 0.368. The smallest absolute Gasteiger partial charge is 0.298 e. The van der Waals surface area contributed by atoms with Crippen LogP contribution in [0.2, 0.25) is 0 Å². The monoisotopic (exact) mass is 345 g/mol. The molecule has 0 unspecified atom stereocenters. The summed E-state index contributed by atoms with van der Waals surface area (Å²) in [7, 11) is 0. The van der Waals surface area contributed by atoms with Gasteiger partial charge in [0.15, 0.2) is 0 Å². The normalized spacial score (nSPS) is 11.2. The zero-order valence-corrected chi connectivity index (χ0v) is 15.0. The highest BCUT2D eigenvalue weighted by Gasteiger charge is 2.23. The van der Waals surface area contributed by atoms with Gasteiger partial charge in [0.25, 0.3) is 11.7 Å². The Labute approximate surface area is 151 Å². The van der Waals surface area contributed by atoms with E-state index >= 15 is 0 Å². The number of benzene rings is 2. The van der Waals surface area contributed by atoms with E-state index in [9.17, 15) is 4.79 Å². The van der Waals surface area contributed by atoms with Crippen LogP contribution in [-0.2, 0) is 0 Å². The SMILES string of the molecule is CCN(C(=O)c1nc2nc(C)cc(C)n2n1)c1cccc2ccccc12. The molecule has 0 fully saturated rings. The van der Waals surface area contributed by atoms with Gasteiger partial charge in [-0.3, -0.25) is 4.79 Å². The van der Waals surface area contributed by atoms with Gasteiger partial charge in [0.05, 0.1) is 5.69 Å². The van der Waals surface area contributed by atoms with Crippen molar-refractivity contribution in [1.29, 1.82) is 0 Å². The van der Waals surface area contributed by atoms with Gasteiger partial charge in [-0.2, -0.15) is 4.98 Å². The predicted octanol–water partition coefficient (Wildman–Crippen LogP) is 3.56. The van der Waals surface area contributed by atoms with Crippen LogP contribution < -0.4 is 4.90 Å². The van der Waals surface area contributed by atoms with E-state index in [0.717, 1.165) is 27.8 Å². The van der Waals surface area contributed by atoms with Gasteiger partial charge in [0.1, 0.15) is 0 Å². The van der Waals surface area contributed by atoms with Gasteiger partial charge in [0, 0.05) is 23.3 Å². The number of nitrogens with zero attached hydrogens (tertiary/aromatic N) is 5. The highest BCUT2D eigenvalue weighted by molar-refractivity contribution is 6.09. The summed E-state index contributed by atoms with van der Waals surface area (Å²) in [6.07, 6.45) is 0. The van der Waals surface area contributed by atoms with Crippen LogP contribution in [0.25, 0.3) is 16.6 Å². The third-order valence-electron chi connectivity index (χ3n) is 4.43. The molecule has 26 heavy (non-hydrogen) atoms. The number of rotatable bonds is 3. The van der Waals surface area contributed by atoms with Crippen LogP contribution in [-0.4, -0.2) is 32.0 Å². The molecule has 0 saturated carbocycles. The second-order valence-electron chi connectivity index (χ2n) is 6.23. The molecule has 0 aliphatic rings. The molecule has 0 radical (unpaired) electrons. The molecule has 0 N–H and O–H groups in total. The third-order valence-corrected chi connectivity index (χ3v) is 4.43. The number of anilines is 1. The van der Waals surface area contributed by atoms with Crippen molar-refractivity contribution in [1.82, 2.24) is 19.6 Å². The molecule has 0 saturated heterocycles. The highest BCUT2D eigenvalue weighted by atomic mass is 16.2. The van der Waals surface area contributed by atoms with E-state index in [4.69, 9.17) is 0 Å². The Balaban J connectivity index is 1.82. The van der Waals surface area contributed by atoms with Gasteiger partial charge in [0.2, 0.25) is 5.82 Å². The van der Waals surface area contributed by atoms with Crippen LogP contribution >= 0.6 is 0 Å². The van der Waals surface area contributed by atoms with Crippen LogP contribution in [0, 0.1) is 13.8 Å². The van der Waals surface area contributed by atoms with Crippen molar-refractivity contribution >= 4 is 28.1 Å². The lowest BCUT2D eigenvalue weighted by Crippen LogP contribution is -2.31. The first-order chi connectivity index (χ1) is 12.6. The standard InChI is InChI=1S/C20H19N5O/c1-4-24(17-11-7-9-15-8-5-6-10-16(15)17)19(26)18-22-20-21-13(2)12-14(3)25(20)23-18/h5-12H,4H2,1-3H3. The van der Waals surface area contributed by atoms with Crippen molar-refractivity contribution in [3.8, 4) is 0 Å². The van der Waals surface area contributed by atoms with Crippen molar-refractivity contribution in [2.75, 3.05) is 11.4 Å². The van der Waals surface area contributed by atoms with Gasteiger partial charge in [-0.15, -0.1) is 5.10 Å². The molecule has 130 valence electrons. The maximum absolute atomic E-state index is 13.1. The molecule has 0 bridgehead atoms. The second kappa shape index (κ2) is 6.22. The van der Waals surface area contributed by atoms with Crippen molar-refractivity contribution in [2.24, 2.45) is 0 Å². The number of carbonyl (C=O) groups is 1. The molecule has 1 amide bonds. The summed E-state index contributed by atoms with van der Waals surface area (Å²) in [5, 5.41) is 6.50. The molecule has 6 nitrogen and oxygen atoms in total. The van der Waals surface area contributed by atoms with E-state index in [-0.39, 0.29) is 11.7 Å². The summed E-state index contributed by atoms with van der Waals surface area (Å²) >= 11 is 0. The minimum Gasteiger partial charge on any atom is -0.305 e. The molecular weight excluding hydrogens is 326 g/mol. The highest BCUT2D eigenvalue weighted by Crippen LogP contribution is 2.27. The third kappa shape index (κ3) is 2.60. The molecule has 0 spiro atoms. The van der Waals surface area contributed by atoms with Crippen LogP contribution in [0.5, 0.6) is 0 Å². The Morgan fingerprint density at radius 1 is 1.08 bits per heavy atom. The van der Waals surface area contributed by atoms with Gasteiger partial charge in [-0.25, -0.2) is 9.50 Å². The summed E-state index contributed by atoms with van der Waals surface area (Å²) in [5.41, 5.74) is 2.60. The number of carbonyl (C=O) groups excluding carboxylic acids is 1. The molecule has 2 aromatic carbocycles. The zero-order valence-electron chi connectivity index (χ0n) is 15.0. The molecule has 0 aliphatic carbocycles. The van der Waals surface area contributed by atoms with Crippen LogP contribution in [0.15, 0.2) is 48.5 Å². The van der Waals surface area contributed by atoms with Crippen LogP contribution in [0.4, 0.5) is 5.69 Å². The fraction of sp³-hybridized carbons (Fsp3) is 0.200. The minimum atomic E-state index is -0.230. The first kappa shape index (κ1) is 16.2. The lowest BCUT2D eigenvalue weighted by molar-refractivity contribution is 0.0979. The Kier molecular flexibility index (Phi) is 3.88. The van der Waals surface area contributed by atoms with Gasteiger partial charge in [-0.05, 0) is 38.3 Å². The maximum atomic E-state index is 13.1. The topological polar surface area (TPSA) is 63.4 Å². The second-order valence-corrected chi connectivity index (χ2v) is 6.23. The van der Waals surface area contributed by atoms with E-state index in [1.807, 2.05) is 69.3 Å². The molecule has 6 heteroatoms. The number of fused-ring (bicyclic) bond motifs is 2. The fourth-order valence-corrected chi connectivity index (χ4v) is 3.24. The first-order valence-corrected chi connectivity index (χ1v) is 8.59. The molecule has 4 rings (SSSR count). The van der Waals surface area contributed by atoms with E-state index in [2.05, 4.69) is 15.1 Å². The fourth-order valence-electron chi connectivity index (χ4n) is 3.24. The number of hydrogen-bond acceptors (Lipinski definition) is 4. The Hall–Kier alpha value is -3.28. The largest absolute Gasteiger partial charge is 0.305 e. The van der Waals surface area contributed by atoms with Crippen LogP contribution in [0.1, 0.15) is 28.9 Å². The van der Waals surface area contributed by atoms with Gasteiger partial charge >= 0.3 is 0 Å². The molecule has 2 aromatic heterocycles. The number of hydrogen-bond donors (Lipinski definition) is 0. The Morgan fingerprint density at radius 3 is 2.65 bits per heavy atom. The summed E-state index contributed by atoms with van der Waals surface area (Å²) < 4.78 is 1.61. The average molecular weight is 345 g/mol. The van der Waals surface area contributed by atoms with E-state index < -0.39 is 0 Å². The van der Waals surface area contributed by atoms with Crippen LogP contribution in [0.3, 0.4) is 0 Å². The first-order valence-electron chi connectivity index (χ1n) is 8.59. The predicted molar refractivity (Wildman–Crippen MR) is 102 cm³/mol. The molecule has 4 aromatic rings. The summed E-state index contributed by atoms with van der Waals surface area (Å²) in [4.78, 5) is 23.6. The maximum Gasteiger partial charge on any atom is 0.298 e. The van der Waals surface area contributed by atoms with E-state index in [0.29, 0.717) is 12.3 Å². The molecule has 0 aliphatic heterocycles. The van der Waals surface area contributed by atoms with Crippen molar-refractivity contribution in [3.05, 3.63) is 65.7 Å². The van der Waals surface area contributed by atoms with Crippen molar-refractivity contribution in [3.63, 3.8) is 0 Å². The number of aryl methyl sites for hydroxylation is 2. The molecule has 0 atom stereocenters. The Morgan fingerprint density at radius 2 is 1.85 bits per heavy atom. The Bertz CT molecular complexity index is 1130. The number of aromatic nitrogens is 4. The summed E-state index contributed by atoms with van der Waals surface area (Å²) in [6.45, 7) is 6.29. The quantitative estimate of drug-likeness (QED) is 0.569. The molecule has 2 heterocycles. The lowest BCUT2D eigenvalue weighted by Gasteiger charge is -2.21. The van der Waals surface area contributed by atoms with Gasteiger partial charge in [-0.1, -0.05) is 36.4 Å². The number of amides is 1. The van der Waals surface area contributed by atoms with E-state index in [1.54, 1.807) is 9.42 Å². The average Bonchev–Trinajstić information content (AvgIpc) is 3.07. The van der Waals surface area contributed by atoms with Crippen molar-refractivity contribution in [2.45, 2.75) is 20.8 Å². The minimum absolute atomic E-state index is 0.154. The van der Waals surface area contributed by atoms with E-state index in [1.165, 1.54) is 0 Å². The molecular formula is C20H19N5O. The summed E-state index contributed by atoms with van der Waals surface area (Å²) in [6, 6.07) is 15.9. The van der Waals surface area contributed by atoms with Gasteiger partial charge < -0.3 is 4.90 Å². The zero-order chi connectivity index (χ0) is 18.3.